The highest BCUT2D eigenvalue weighted by Gasteiger charge is 2.28. The van der Waals surface area contributed by atoms with Crippen molar-refractivity contribution in [1.82, 2.24) is 25.5 Å². The highest BCUT2D eigenvalue weighted by atomic mass is 32.2. The van der Waals surface area contributed by atoms with Crippen LogP contribution in [0.5, 0.6) is 0 Å². The van der Waals surface area contributed by atoms with Gasteiger partial charge in [0, 0.05) is 6.54 Å². The molecule has 0 saturated heterocycles. The number of hydrogen-bond acceptors (Lipinski definition) is 5. The molecule has 0 bridgehead atoms. The van der Waals surface area contributed by atoms with Crippen LogP contribution in [-0.4, -0.2) is 31.9 Å². The van der Waals surface area contributed by atoms with E-state index in [4.69, 9.17) is 0 Å². The van der Waals surface area contributed by atoms with Gasteiger partial charge in [-0.05, 0) is 41.3 Å². The second-order valence-corrected chi connectivity index (χ2v) is 6.07. The lowest BCUT2D eigenvalue weighted by Gasteiger charge is -2.07. The maximum atomic E-state index is 11.9. The molecule has 1 heterocycles. The summed E-state index contributed by atoms with van der Waals surface area (Å²) < 4.78 is 1.82. The van der Waals surface area contributed by atoms with Gasteiger partial charge in [0.1, 0.15) is 0 Å². The standard InChI is InChI=1S/C14H17N5OS/c1-10-4-2-3-5-11(10)8-15-13(20)9-21-14-16-17-18-19(14)12-6-7-12/h2-5,12H,6-9H2,1H3,(H,15,20). The van der Waals surface area contributed by atoms with Gasteiger partial charge >= 0.3 is 0 Å². The number of rotatable bonds is 6. The summed E-state index contributed by atoms with van der Waals surface area (Å²) in [4.78, 5) is 11.9. The first-order valence-electron chi connectivity index (χ1n) is 6.96. The number of aryl methyl sites for hydroxylation is 1. The van der Waals surface area contributed by atoms with Gasteiger partial charge in [-0.1, -0.05) is 36.0 Å². The van der Waals surface area contributed by atoms with Gasteiger partial charge in [-0.2, -0.15) is 0 Å². The quantitative estimate of drug-likeness (QED) is 0.823. The lowest BCUT2D eigenvalue weighted by atomic mass is 10.1. The number of nitrogens with zero attached hydrogens (tertiary/aromatic N) is 4. The number of benzene rings is 1. The predicted octanol–water partition coefficient (Wildman–Crippen LogP) is 1.72. The van der Waals surface area contributed by atoms with Crippen molar-refractivity contribution < 1.29 is 4.79 Å². The molecule has 21 heavy (non-hydrogen) atoms. The minimum atomic E-state index is -0.00593. The van der Waals surface area contributed by atoms with Crippen LogP contribution in [0.15, 0.2) is 29.4 Å². The zero-order valence-electron chi connectivity index (χ0n) is 11.8. The molecule has 1 N–H and O–H groups in total. The topological polar surface area (TPSA) is 72.7 Å². The van der Waals surface area contributed by atoms with Crippen molar-refractivity contribution in [2.75, 3.05) is 5.75 Å². The largest absolute Gasteiger partial charge is 0.351 e. The summed E-state index contributed by atoms with van der Waals surface area (Å²) >= 11 is 1.38. The van der Waals surface area contributed by atoms with E-state index in [1.54, 1.807) is 0 Å². The third kappa shape index (κ3) is 3.60. The van der Waals surface area contributed by atoms with Gasteiger partial charge in [-0.25, -0.2) is 4.68 Å². The van der Waals surface area contributed by atoms with Crippen LogP contribution in [0.4, 0.5) is 0 Å². The van der Waals surface area contributed by atoms with Crippen LogP contribution in [0.25, 0.3) is 0 Å². The molecule has 1 aliphatic carbocycles. The minimum absolute atomic E-state index is 0.00593. The van der Waals surface area contributed by atoms with Crippen molar-refractivity contribution in [1.29, 1.82) is 0 Å². The predicted molar refractivity (Wildman–Crippen MR) is 79.8 cm³/mol. The highest BCUT2D eigenvalue weighted by molar-refractivity contribution is 7.99. The molecule has 0 atom stereocenters. The van der Waals surface area contributed by atoms with Gasteiger partial charge in [0.05, 0.1) is 11.8 Å². The van der Waals surface area contributed by atoms with E-state index in [1.807, 2.05) is 35.9 Å². The summed E-state index contributed by atoms with van der Waals surface area (Å²) in [5.74, 6) is 0.326. The molecule has 3 rings (SSSR count). The van der Waals surface area contributed by atoms with Crippen molar-refractivity contribution in [2.45, 2.75) is 37.5 Å². The van der Waals surface area contributed by atoms with Crippen LogP contribution in [0, 0.1) is 6.92 Å². The molecular formula is C14H17N5OS. The van der Waals surface area contributed by atoms with E-state index in [1.165, 1.54) is 17.3 Å². The molecule has 7 heteroatoms. The summed E-state index contributed by atoms with van der Waals surface area (Å²) in [7, 11) is 0. The van der Waals surface area contributed by atoms with Crippen LogP contribution in [0.2, 0.25) is 0 Å². The van der Waals surface area contributed by atoms with Gasteiger partial charge < -0.3 is 5.32 Å². The summed E-state index contributed by atoms with van der Waals surface area (Å²) in [6.45, 7) is 2.60. The Bertz CT molecular complexity index is 638. The van der Waals surface area contributed by atoms with Crippen molar-refractivity contribution in [3.8, 4) is 0 Å². The monoisotopic (exact) mass is 303 g/mol. The molecule has 1 saturated carbocycles. The molecule has 2 aromatic rings. The number of tetrazole rings is 1. The fourth-order valence-corrected chi connectivity index (χ4v) is 2.79. The van der Waals surface area contributed by atoms with Crippen LogP contribution in [0.3, 0.4) is 0 Å². The Hall–Kier alpha value is -1.89. The summed E-state index contributed by atoms with van der Waals surface area (Å²) in [6.07, 6.45) is 2.25. The zero-order chi connectivity index (χ0) is 14.7. The number of carbonyl (C=O) groups excluding carboxylic acids is 1. The number of nitrogens with one attached hydrogen (secondary N) is 1. The molecule has 6 nitrogen and oxygen atoms in total. The maximum Gasteiger partial charge on any atom is 0.230 e. The van der Waals surface area contributed by atoms with Crippen molar-refractivity contribution in [2.24, 2.45) is 0 Å². The first-order valence-corrected chi connectivity index (χ1v) is 7.94. The Labute approximate surface area is 127 Å². The molecule has 1 amide bonds. The lowest BCUT2D eigenvalue weighted by Crippen LogP contribution is -2.25. The second kappa shape index (κ2) is 6.26. The fraction of sp³-hybridized carbons (Fsp3) is 0.429. The van der Waals surface area contributed by atoms with Crippen LogP contribution < -0.4 is 5.32 Å². The van der Waals surface area contributed by atoms with E-state index < -0.39 is 0 Å². The third-order valence-electron chi connectivity index (χ3n) is 3.42. The van der Waals surface area contributed by atoms with E-state index in [-0.39, 0.29) is 5.91 Å². The van der Waals surface area contributed by atoms with Crippen LogP contribution >= 0.6 is 11.8 Å². The molecule has 1 aliphatic rings. The zero-order valence-corrected chi connectivity index (χ0v) is 12.6. The van der Waals surface area contributed by atoms with Gasteiger partial charge in [0.2, 0.25) is 11.1 Å². The average molecular weight is 303 g/mol. The Kier molecular flexibility index (Phi) is 4.19. The molecule has 1 aromatic carbocycles. The molecule has 110 valence electrons. The van der Waals surface area contributed by atoms with Gasteiger partial charge in [0.15, 0.2) is 0 Å². The second-order valence-electron chi connectivity index (χ2n) is 5.13. The molecule has 0 aliphatic heterocycles. The summed E-state index contributed by atoms with van der Waals surface area (Å²) in [5.41, 5.74) is 2.32. The Morgan fingerprint density at radius 2 is 2.24 bits per heavy atom. The Morgan fingerprint density at radius 1 is 1.43 bits per heavy atom. The number of aromatic nitrogens is 4. The third-order valence-corrected chi connectivity index (χ3v) is 4.36. The Morgan fingerprint density at radius 3 is 3.00 bits per heavy atom. The van der Waals surface area contributed by atoms with Crippen molar-refractivity contribution in [3.05, 3.63) is 35.4 Å². The van der Waals surface area contributed by atoms with Crippen molar-refractivity contribution >= 4 is 17.7 Å². The van der Waals surface area contributed by atoms with Gasteiger partial charge in [0.25, 0.3) is 0 Å². The van der Waals surface area contributed by atoms with E-state index in [0.717, 1.165) is 23.6 Å². The van der Waals surface area contributed by atoms with Crippen LogP contribution in [-0.2, 0) is 11.3 Å². The normalized spacial score (nSPS) is 14.1. The van der Waals surface area contributed by atoms with E-state index in [9.17, 15) is 4.79 Å². The molecule has 1 fully saturated rings. The van der Waals surface area contributed by atoms with E-state index in [0.29, 0.717) is 18.3 Å². The molecule has 0 spiro atoms. The van der Waals surface area contributed by atoms with E-state index in [2.05, 4.69) is 20.8 Å². The minimum Gasteiger partial charge on any atom is -0.351 e. The first kappa shape index (κ1) is 14.1. The number of hydrogen-bond donors (Lipinski definition) is 1. The number of carbonyl (C=O) groups is 1. The smallest absolute Gasteiger partial charge is 0.230 e. The molecule has 0 radical (unpaired) electrons. The molecule has 1 aromatic heterocycles. The molecular weight excluding hydrogens is 286 g/mol. The first-order chi connectivity index (χ1) is 10.2. The molecule has 0 unspecified atom stereocenters. The lowest BCUT2D eigenvalue weighted by molar-refractivity contribution is -0.118. The fourth-order valence-electron chi connectivity index (χ4n) is 2.01. The van der Waals surface area contributed by atoms with Gasteiger partial charge in [-0.15, -0.1) is 5.10 Å². The van der Waals surface area contributed by atoms with Crippen LogP contribution in [0.1, 0.15) is 30.0 Å². The summed E-state index contributed by atoms with van der Waals surface area (Å²) in [5, 5.41) is 15.3. The SMILES string of the molecule is Cc1ccccc1CNC(=O)CSc1nnnn1C1CC1. The average Bonchev–Trinajstić information content (AvgIpc) is 3.23. The van der Waals surface area contributed by atoms with E-state index >= 15 is 0 Å². The maximum absolute atomic E-state index is 11.9. The van der Waals surface area contributed by atoms with Gasteiger partial charge in [-0.3, -0.25) is 4.79 Å². The number of thioether (sulfide) groups is 1. The Balaban J connectivity index is 1.48. The number of amides is 1. The summed E-state index contributed by atoms with van der Waals surface area (Å²) in [6, 6.07) is 8.47. The van der Waals surface area contributed by atoms with Crippen molar-refractivity contribution in [3.63, 3.8) is 0 Å². The highest BCUT2D eigenvalue weighted by Crippen LogP contribution is 2.36.